The van der Waals surface area contributed by atoms with Gasteiger partial charge >= 0.3 is 0 Å². The number of hydrogen-bond acceptors (Lipinski definition) is 6. The Morgan fingerprint density at radius 2 is 1.93 bits per heavy atom. The fourth-order valence-corrected chi connectivity index (χ4v) is 3.52. The van der Waals surface area contributed by atoms with Crippen LogP contribution in [-0.2, 0) is 11.5 Å². The van der Waals surface area contributed by atoms with E-state index in [0.29, 0.717) is 35.0 Å². The molecule has 7 nitrogen and oxygen atoms in total. The molecule has 1 saturated heterocycles. The lowest BCUT2D eigenvalue weighted by atomic mass is 10.2. The summed E-state index contributed by atoms with van der Waals surface area (Å²) in [4.78, 5) is 16.7. The summed E-state index contributed by atoms with van der Waals surface area (Å²) in [5.41, 5.74) is 0.732. The predicted molar refractivity (Wildman–Crippen MR) is 105 cm³/mol. The molecule has 2 fully saturated rings. The molecule has 1 aromatic carbocycles. The van der Waals surface area contributed by atoms with Crippen molar-refractivity contribution in [2.45, 2.75) is 25.6 Å². The van der Waals surface area contributed by atoms with Crippen molar-refractivity contribution in [3.8, 4) is 11.5 Å². The third-order valence-electron chi connectivity index (χ3n) is 4.82. The number of piperazine rings is 1. The first-order valence-corrected chi connectivity index (χ1v) is 9.94. The fraction of sp³-hybridized carbons (Fsp3) is 0.500. The number of carbonyl (C=O) groups excluding carboxylic acids is 1. The Labute approximate surface area is 167 Å². The highest BCUT2D eigenvalue weighted by Gasteiger charge is 2.25. The molecule has 1 saturated carbocycles. The molecule has 1 N–H and O–H groups in total. The molecule has 2 aromatic rings. The summed E-state index contributed by atoms with van der Waals surface area (Å²) >= 11 is 11.5. The van der Waals surface area contributed by atoms with Gasteiger partial charge in [0.1, 0.15) is 0 Å². The summed E-state index contributed by atoms with van der Waals surface area (Å²) in [6.45, 7) is 4.44. The first-order valence-electron chi connectivity index (χ1n) is 9.15. The zero-order valence-corrected chi connectivity index (χ0v) is 16.5. The monoisotopic (exact) mass is 407 g/mol. The number of carbonyl (C=O) groups is 1. The van der Waals surface area contributed by atoms with E-state index in [9.17, 15) is 4.79 Å². The van der Waals surface area contributed by atoms with Crippen LogP contribution in [0.3, 0.4) is 0 Å². The summed E-state index contributed by atoms with van der Waals surface area (Å²) < 4.78 is 7.32. The molecule has 1 amide bonds. The first-order chi connectivity index (χ1) is 13.1. The van der Waals surface area contributed by atoms with Crippen molar-refractivity contribution in [2.75, 3.05) is 32.7 Å². The van der Waals surface area contributed by atoms with Crippen LogP contribution in [-0.4, -0.2) is 64.3 Å². The number of nitrogens with zero attached hydrogens (tertiary/aromatic N) is 4. The van der Waals surface area contributed by atoms with E-state index in [2.05, 4.69) is 20.2 Å². The molecule has 0 unspecified atom stereocenters. The van der Waals surface area contributed by atoms with E-state index in [1.165, 1.54) is 0 Å². The van der Waals surface area contributed by atoms with E-state index in [1.54, 1.807) is 10.7 Å². The normalized spacial score (nSPS) is 18.6. The second-order valence-corrected chi connectivity index (χ2v) is 7.79. The van der Waals surface area contributed by atoms with E-state index in [1.807, 2.05) is 18.2 Å². The molecule has 0 atom stereocenters. The molecule has 0 radical (unpaired) electrons. The Bertz CT molecular complexity index is 871. The van der Waals surface area contributed by atoms with E-state index >= 15 is 0 Å². The minimum Gasteiger partial charge on any atom is -0.409 e. The average molecular weight is 408 g/mol. The van der Waals surface area contributed by atoms with Crippen LogP contribution in [0.2, 0.25) is 5.02 Å². The van der Waals surface area contributed by atoms with Gasteiger partial charge in [0.05, 0.1) is 23.8 Å². The van der Waals surface area contributed by atoms with Crippen molar-refractivity contribution in [1.29, 1.82) is 0 Å². The molecule has 144 valence electrons. The average Bonchev–Trinajstić information content (AvgIpc) is 3.39. The summed E-state index contributed by atoms with van der Waals surface area (Å²) in [6.07, 6.45) is 2.24. The minimum absolute atomic E-state index is 0.133. The van der Waals surface area contributed by atoms with Gasteiger partial charge in [-0.3, -0.25) is 14.6 Å². The highest BCUT2D eigenvalue weighted by atomic mass is 35.5. The SMILES string of the molecule is O=C(CN1CCN(Cn2nc(-c3ccccc3Cl)oc2=S)CC1)NC1CC1. The van der Waals surface area contributed by atoms with Gasteiger partial charge in [-0.1, -0.05) is 23.7 Å². The second-order valence-electron chi connectivity index (χ2n) is 7.03. The van der Waals surface area contributed by atoms with Gasteiger partial charge in [0.15, 0.2) is 0 Å². The molecule has 2 aliphatic rings. The minimum atomic E-state index is 0.133. The third kappa shape index (κ3) is 4.76. The number of amides is 1. The van der Waals surface area contributed by atoms with Crippen LogP contribution in [0.1, 0.15) is 12.8 Å². The van der Waals surface area contributed by atoms with Gasteiger partial charge in [-0.05, 0) is 37.2 Å². The standard InChI is InChI=1S/C18H22ClN5O2S/c19-15-4-2-1-3-14(15)17-21-24(18(27)26-17)12-23-9-7-22(8-10-23)11-16(25)20-13-5-6-13/h1-4,13H,5-12H2,(H,20,25). The topological polar surface area (TPSA) is 66.5 Å². The molecule has 9 heteroatoms. The van der Waals surface area contributed by atoms with Crippen LogP contribution in [0, 0.1) is 4.84 Å². The van der Waals surface area contributed by atoms with Crippen LogP contribution < -0.4 is 5.32 Å². The summed E-state index contributed by atoms with van der Waals surface area (Å²) in [6, 6.07) is 7.82. The molecule has 1 aliphatic heterocycles. The van der Waals surface area contributed by atoms with E-state index in [0.717, 1.165) is 44.6 Å². The molecule has 0 bridgehead atoms. The smallest absolute Gasteiger partial charge is 0.288 e. The van der Waals surface area contributed by atoms with Crippen LogP contribution in [0.25, 0.3) is 11.5 Å². The van der Waals surface area contributed by atoms with Crippen molar-refractivity contribution in [2.24, 2.45) is 0 Å². The van der Waals surface area contributed by atoms with Crippen molar-refractivity contribution in [3.05, 3.63) is 34.1 Å². The van der Waals surface area contributed by atoms with E-state index in [-0.39, 0.29) is 5.91 Å². The molecule has 2 heterocycles. The summed E-state index contributed by atoms with van der Waals surface area (Å²) in [5.74, 6) is 0.565. The Hall–Kier alpha value is -1.74. The Balaban J connectivity index is 1.32. The number of rotatable bonds is 6. The molecular formula is C18H22ClN5O2S. The van der Waals surface area contributed by atoms with Gasteiger partial charge in [-0.15, -0.1) is 5.10 Å². The predicted octanol–water partition coefficient (Wildman–Crippen LogP) is 2.38. The molecule has 4 rings (SSSR count). The Morgan fingerprint density at radius 1 is 1.22 bits per heavy atom. The highest BCUT2D eigenvalue weighted by Crippen LogP contribution is 2.26. The molecule has 1 aromatic heterocycles. The maximum Gasteiger partial charge on any atom is 0.288 e. The van der Waals surface area contributed by atoms with Crippen LogP contribution in [0.4, 0.5) is 0 Å². The molecule has 27 heavy (non-hydrogen) atoms. The van der Waals surface area contributed by atoms with Crippen LogP contribution >= 0.6 is 23.8 Å². The van der Waals surface area contributed by atoms with E-state index < -0.39 is 0 Å². The summed E-state index contributed by atoms with van der Waals surface area (Å²) in [5, 5.41) is 8.10. The van der Waals surface area contributed by atoms with Gasteiger partial charge in [0, 0.05) is 32.2 Å². The lowest BCUT2D eigenvalue weighted by Gasteiger charge is -2.33. The second kappa shape index (κ2) is 8.10. The highest BCUT2D eigenvalue weighted by molar-refractivity contribution is 7.71. The number of aromatic nitrogens is 2. The summed E-state index contributed by atoms with van der Waals surface area (Å²) in [7, 11) is 0. The molecule has 0 spiro atoms. The van der Waals surface area contributed by atoms with E-state index in [4.69, 9.17) is 28.2 Å². The zero-order valence-electron chi connectivity index (χ0n) is 14.9. The quantitative estimate of drug-likeness (QED) is 0.741. The zero-order chi connectivity index (χ0) is 18.8. The third-order valence-corrected chi connectivity index (χ3v) is 5.44. The maximum atomic E-state index is 11.9. The van der Waals surface area contributed by atoms with Gasteiger partial charge in [-0.2, -0.15) is 0 Å². The van der Waals surface area contributed by atoms with Gasteiger partial charge < -0.3 is 9.73 Å². The lowest BCUT2D eigenvalue weighted by Crippen LogP contribution is -2.49. The number of nitrogens with one attached hydrogen (secondary N) is 1. The lowest BCUT2D eigenvalue weighted by molar-refractivity contribution is -0.122. The van der Waals surface area contributed by atoms with Crippen LogP contribution in [0.15, 0.2) is 28.7 Å². The Morgan fingerprint density at radius 3 is 2.63 bits per heavy atom. The van der Waals surface area contributed by atoms with Crippen molar-refractivity contribution in [1.82, 2.24) is 24.9 Å². The number of benzene rings is 1. The van der Waals surface area contributed by atoms with Crippen molar-refractivity contribution >= 4 is 29.7 Å². The van der Waals surface area contributed by atoms with Crippen molar-refractivity contribution < 1.29 is 9.21 Å². The Kier molecular flexibility index (Phi) is 5.58. The van der Waals surface area contributed by atoms with Crippen molar-refractivity contribution in [3.63, 3.8) is 0 Å². The first kappa shape index (κ1) is 18.6. The van der Waals surface area contributed by atoms with Gasteiger partial charge in [0.25, 0.3) is 4.84 Å². The fourth-order valence-electron chi connectivity index (χ4n) is 3.12. The van der Waals surface area contributed by atoms with Gasteiger partial charge in [-0.25, -0.2) is 4.68 Å². The van der Waals surface area contributed by atoms with Gasteiger partial charge in [0.2, 0.25) is 11.8 Å². The largest absolute Gasteiger partial charge is 0.409 e. The van der Waals surface area contributed by atoms with Crippen LogP contribution in [0.5, 0.6) is 0 Å². The number of hydrogen-bond donors (Lipinski definition) is 1. The maximum absolute atomic E-state index is 11.9. The molecular weight excluding hydrogens is 386 g/mol. The molecule has 1 aliphatic carbocycles. The number of halogens is 1.